The molecule has 0 spiro atoms. The Balaban J connectivity index is 1.17. The molecule has 0 bridgehead atoms. The van der Waals surface area contributed by atoms with Crippen LogP contribution in [0.1, 0.15) is 15.9 Å². The van der Waals surface area contributed by atoms with Crippen LogP contribution in [0.5, 0.6) is 17.2 Å². The summed E-state index contributed by atoms with van der Waals surface area (Å²) in [5, 5.41) is 26.6. The molecule has 0 unspecified atom stereocenters. The zero-order valence-corrected chi connectivity index (χ0v) is 25.9. The minimum Gasteiger partial charge on any atom is -0.493 e. The number of hydrogen-bond donors (Lipinski definition) is 1. The zero-order chi connectivity index (χ0) is 34.3. The fourth-order valence-corrected chi connectivity index (χ4v) is 5.19. The molecule has 5 aromatic carbocycles. The Morgan fingerprint density at radius 2 is 1.33 bits per heavy atom. The van der Waals surface area contributed by atoms with Gasteiger partial charge in [-0.15, -0.1) is 0 Å². The number of benzene rings is 5. The number of nitrogens with zero attached hydrogens (tertiary/aromatic N) is 4. The molecule has 6 aromatic rings. The number of non-ortho nitro benzene ring substituents is 1. The van der Waals surface area contributed by atoms with Gasteiger partial charge in [0.15, 0.2) is 11.5 Å². The predicted octanol–water partition coefficient (Wildman–Crippen LogP) is 8.19. The van der Waals surface area contributed by atoms with E-state index in [1.54, 1.807) is 24.3 Å². The van der Waals surface area contributed by atoms with Crippen molar-refractivity contribution in [1.82, 2.24) is 9.99 Å². The van der Waals surface area contributed by atoms with E-state index < -0.39 is 27.1 Å². The van der Waals surface area contributed by atoms with Gasteiger partial charge in [0.1, 0.15) is 0 Å². The number of carbonyl (C=O) groups is 1. The van der Waals surface area contributed by atoms with Gasteiger partial charge in [-0.25, -0.2) is 5.43 Å². The molecule has 1 heterocycles. The lowest BCUT2D eigenvalue weighted by Crippen LogP contribution is -2.17. The summed E-state index contributed by atoms with van der Waals surface area (Å²) in [5.74, 6) is -0.264. The van der Waals surface area contributed by atoms with Gasteiger partial charge in [0.25, 0.3) is 11.6 Å². The molecule has 0 aliphatic carbocycles. The molecule has 242 valence electrons. The molecule has 6 rings (SSSR count). The van der Waals surface area contributed by atoms with Crippen molar-refractivity contribution in [3.05, 3.63) is 165 Å². The van der Waals surface area contributed by atoms with E-state index in [4.69, 9.17) is 9.47 Å². The van der Waals surface area contributed by atoms with Crippen LogP contribution >= 0.6 is 0 Å². The quantitative estimate of drug-likeness (QED) is 0.0841. The molecule has 0 saturated carbocycles. The number of carbonyl (C=O) groups excluding carboxylic acids is 1. The first-order valence-corrected chi connectivity index (χ1v) is 14.9. The molecule has 0 fully saturated rings. The molecule has 0 saturated heterocycles. The molecule has 1 aromatic heterocycles. The third-order valence-electron chi connectivity index (χ3n) is 7.55. The average molecular weight is 654 g/mol. The van der Waals surface area contributed by atoms with Crippen LogP contribution in [0.2, 0.25) is 0 Å². The molecule has 0 radical (unpaired) electrons. The summed E-state index contributed by atoms with van der Waals surface area (Å²) in [5.41, 5.74) is 7.49. The minimum atomic E-state index is -0.767. The van der Waals surface area contributed by atoms with Crippen molar-refractivity contribution >= 4 is 23.5 Å². The van der Waals surface area contributed by atoms with Gasteiger partial charge >= 0.3 is 5.69 Å². The Labute approximate surface area is 279 Å². The van der Waals surface area contributed by atoms with Gasteiger partial charge in [0.2, 0.25) is 5.75 Å². The van der Waals surface area contributed by atoms with Crippen molar-refractivity contribution in [3.63, 3.8) is 0 Å². The van der Waals surface area contributed by atoms with Crippen LogP contribution in [0.4, 0.5) is 11.4 Å². The normalized spacial score (nSPS) is 10.9. The Hall–Kier alpha value is -7.08. The molecule has 1 amide bonds. The number of nitro benzene ring substituents is 2. The number of amides is 1. The maximum Gasteiger partial charge on any atom is 0.318 e. The fraction of sp³-hybridized carbons (Fsp3) is 0.0270. The van der Waals surface area contributed by atoms with Crippen LogP contribution in [0.15, 0.2) is 139 Å². The number of rotatable bonds is 11. The third-order valence-corrected chi connectivity index (χ3v) is 7.55. The highest BCUT2D eigenvalue weighted by atomic mass is 16.6. The van der Waals surface area contributed by atoms with E-state index in [-0.39, 0.29) is 17.2 Å². The lowest BCUT2D eigenvalue weighted by molar-refractivity contribution is -0.394. The van der Waals surface area contributed by atoms with Gasteiger partial charge in [0, 0.05) is 17.3 Å². The summed E-state index contributed by atoms with van der Waals surface area (Å²) < 4.78 is 13.2. The van der Waals surface area contributed by atoms with Crippen LogP contribution in [0.25, 0.3) is 28.2 Å². The highest BCUT2D eigenvalue weighted by Gasteiger charge is 2.22. The highest BCUT2D eigenvalue weighted by Crippen LogP contribution is 2.38. The summed E-state index contributed by atoms with van der Waals surface area (Å²) in [6, 6.07) is 39.3. The standard InChI is InChI=1S/C37H27N5O7/c1-48-36-22-25(12-20-35(36)49-34-21-17-30(41(44)45)23-33(34)42(46)47)24-38-39-37(43)28-13-15-29(16-14-28)40-31(26-8-4-2-5-9-26)18-19-32(40)27-10-6-3-7-11-27/h2-24H,1H3,(H,39,43)/b38-24-. The van der Waals surface area contributed by atoms with Gasteiger partial charge < -0.3 is 14.0 Å². The summed E-state index contributed by atoms with van der Waals surface area (Å²) >= 11 is 0. The Morgan fingerprint density at radius 3 is 1.90 bits per heavy atom. The van der Waals surface area contributed by atoms with E-state index in [0.717, 1.165) is 46.4 Å². The molecule has 0 aliphatic rings. The first-order valence-electron chi connectivity index (χ1n) is 14.9. The van der Waals surface area contributed by atoms with Crippen molar-refractivity contribution in [3.8, 4) is 45.5 Å². The van der Waals surface area contributed by atoms with Gasteiger partial charge in [-0.2, -0.15) is 5.10 Å². The molecule has 0 aliphatic heterocycles. The molecule has 12 heteroatoms. The van der Waals surface area contributed by atoms with E-state index >= 15 is 0 Å². The average Bonchev–Trinajstić information content (AvgIpc) is 3.58. The second-order valence-corrected chi connectivity index (χ2v) is 10.6. The maximum atomic E-state index is 13.0. The molecular weight excluding hydrogens is 626 g/mol. The van der Waals surface area contributed by atoms with Crippen molar-refractivity contribution in [1.29, 1.82) is 0 Å². The van der Waals surface area contributed by atoms with E-state index in [1.165, 1.54) is 19.4 Å². The topological polar surface area (TPSA) is 151 Å². The number of hydrazone groups is 1. The van der Waals surface area contributed by atoms with Crippen molar-refractivity contribution in [2.45, 2.75) is 0 Å². The molecular formula is C37H27N5O7. The monoisotopic (exact) mass is 653 g/mol. The largest absolute Gasteiger partial charge is 0.493 e. The van der Waals surface area contributed by atoms with Crippen LogP contribution in [-0.2, 0) is 0 Å². The zero-order valence-electron chi connectivity index (χ0n) is 25.9. The minimum absolute atomic E-state index is 0.134. The van der Waals surface area contributed by atoms with Crippen LogP contribution in [-0.4, -0.2) is 33.6 Å². The van der Waals surface area contributed by atoms with E-state index in [9.17, 15) is 25.0 Å². The number of nitro groups is 2. The summed E-state index contributed by atoms with van der Waals surface area (Å²) in [7, 11) is 1.39. The highest BCUT2D eigenvalue weighted by molar-refractivity contribution is 5.95. The second-order valence-electron chi connectivity index (χ2n) is 10.6. The number of methoxy groups -OCH3 is 1. The summed E-state index contributed by atoms with van der Waals surface area (Å²) in [6.45, 7) is 0. The number of hydrogen-bond acceptors (Lipinski definition) is 8. The van der Waals surface area contributed by atoms with Crippen molar-refractivity contribution < 1.29 is 24.1 Å². The number of ether oxygens (including phenoxy) is 2. The first-order chi connectivity index (χ1) is 23.8. The summed E-state index contributed by atoms with van der Waals surface area (Å²) in [6.07, 6.45) is 1.41. The summed E-state index contributed by atoms with van der Waals surface area (Å²) in [4.78, 5) is 34.0. The second kappa shape index (κ2) is 14.1. The number of nitrogens with one attached hydrogen (secondary N) is 1. The van der Waals surface area contributed by atoms with Gasteiger partial charge in [0.05, 0.1) is 40.6 Å². The van der Waals surface area contributed by atoms with Crippen LogP contribution in [0, 0.1) is 20.2 Å². The Kier molecular flexibility index (Phi) is 9.20. The van der Waals surface area contributed by atoms with E-state index in [1.807, 2.05) is 48.5 Å². The molecule has 0 atom stereocenters. The lowest BCUT2D eigenvalue weighted by Gasteiger charge is -2.15. The van der Waals surface area contributed by atoms with Crippen LogP contribution in [0.3, 0.4) is 0 Å². The van der Waals surface area contributed by atoms with Crippen LogP contribution < -0.4 is 14.9 Å². The van der Waals surface area contributed by atoms with E-state index in [0.29, 0.717) is 11.1 Å². The smallest absolute Gasteiger partial charge is 0.318 e. The molecule has 1 N–H and O–H groups in total. The Bertz CT molecular complexity index is 2120. The van der Waals surface area contributed by atoms with Gasteiger partial charge in [-0.1, -0.05) is 60.7 Å². The van der Waals surface area contributed by atoms with Gasteiger partial charge in [-0.3, -0.25) is 25.0 Å². The number of aromatic nitrogens is 1. The maximum absolute atomic E-state index is 13.0. The van der Waals surface area contributed by atoms with E-state index in [2.05, 4.69) is 51.5 Å². The van der Waals surface area contributed by atoms with Crippen molar-refractivity contribution in [2.24, 2.45) is 5.10 Å². The lowest BCUT2D eigenvalue weighted by atomic mass is 10.1. The SMILES string of the molecule is COc1cc(/C=N\NC(=O)c2ccc(-n3c(-c4ccccc4)ccc3-c3ccccc3)cc2)ccc1Oc1ccc([N+](=O)[O-])cc1[N+](=O)[O-]. The third kappa shape index (κ3) is 7.03. The predicted molar refractivity (Wildman–Crippen MR) is 185 cm³/mol. The first kappa shape index (κ1) is 31.9. The fourth-order valence-electron chi connectivity index (χ4n) is 5.19. The van der Waals surface area contributed by atoms with Crippen molar-refractivity contribution in [2.75, 3.05) is 7.11 Å². The Morgan fingerprint density at radius 1 is 0.714 bits per heavy atom. The molecule has 12 nitrogen and oxygen atoms in total. The van der Waals surface area contributed by atoms with Gasteiger partial charge in [-0.05, 0) is 77.4 Å². The molecule has 49 heavy (non-hydrogen) atoms.